The lowest BCUT2D eigenvalue weighted by Crippen LogP contribution is -2.01. The van der Waals surface area contributed by atoms with Crippen LogP contribution in [0.5, 0.6) is 0 Å². The van der Waals surface area contributed by atoms with Crippen molar-refractivity contribution in [2.45, 2.75) is 6.54 Å². The second kappa shape index (κ2) is 3.85. The third kappa shape index (κ3) is 1.48. The highest BCUT2D eigenvalue weighted by Crippen LogP contribution is 2.25. The van der Waals surface area contributed by atoms with Crippen LogP contribution >= 0.6 is 0 Å². The van der Waals surface area contributed by atoms with E-state index in [1.54, 1.807) is 23.0 Å². The number of nitriles is 1. The average molecular weight is 240 g/mol. The molecule has 3 heterocycles. The van der Waals surface area contributed by atoms with Gasteiger partial charge in [0.1, 0.15) is 17.8 Å². The predicted octanol–water partition coefficient (Wildman–Crippen LogP) is 1.19. The molecule has 0 saturated heterocycles. The molecule has 0 atom stereocenters. The van der Waals surface area contributed by atoms with Crippen molar-refractivity contribution in [3.05, 3.63) is 24.7 Å². The van der Waals surface area contributed by atoms with Crippen LogP contribution < -0.4 is 5.73 Å². The van der Waals surface area contributed by atoms with Crippen LogP contribution in [0.25, 0.3) is 22.6 Å². The van der Waals surface area contributed by atoms with Crippen molar-refractivity contribution in [1.82, 2.24) is 19.5 Å². The van der Waals surface area contributed by atoms with E-state index in [4.69, 9.17) is 15.4 Å². The van der Waals surface area contributed by atoms with Gasteiger partial charge in [-0.05, 0) is 12.1 Å². The lowest BCUT2D eigenvalue weighted by molar-refractivity contribution is 0.580. The normalized spacial score (nSPS) is 10.6. The summed E-state index contributed by atoms with van der Waals surface area (Å²) in [4.78, 5) is 12.4. The largest absolute Gasteiger partial charge is 0.463 e. The number of anilines is 1. The maximum absolute atomic E-state index is 8.73. The Morgan fingerprint density at radius 3 is 3.06 bits per heavy atom. The average Bonchev–Trinajstić information content (AvgIpc) is 2.99. The summed E-state index contributed by atoms with van der Waals surface area (Å²) in [6.45, 7) is 0.157. The van der Waals surface area contributed by atoms with E-state index in [1.165, 1.54) is 6.33 Å². The molecule has 18 heavy (non-hydrogen) atoms. The zero-order valence-corrected chi connectivity index (χ0v) is 9.24. The van der Waals surface area contributed by atoms with Crippen molar-refractivity contribution in [1.29, 1.82) is 5.26 Å². The Labute approximate surface area is 102 Å². The molecule has 0 bridgehead atoms. The minimum Gasteiger partial charge on any atom is -0.463 e. The number of furan rings is 1. The van der Waals surface area contributed by atoms with Gasteiger partial charge in [0.05, 0.1) is 18.7 Å². The zero-order valence-electron chi connectivity index (χ0n) is 9.24. The number of imidazole rings is 1. The molecule has 7 heteroatoms. The molecule has 0 unspecified atom stereocenters. The fourth-order valence-corrected chi connectivity index (χ4v) is 1.74. The van der Waals surface area contributed by atoms with Crippen LogP contribution in [-0.4, -0.2) is 19.5 Å². The summed E-state index contributed by atoms with van der Waals surface area (Å²) in [6.07, 6.45) is 3.08. The topological polar surface area (TPSA) is 107 Å². The third-order valence-electron chi connectivity index (χ3n) is 2.48. The molecule has 0 aliphatic rings. The van der Waals surface area contributed by atoms with Crippen LogP contribution in [0.1, 0.15) is 0 Å². The van der Waals surface area contributed by atoms with E-state index in [1.807, 2.05) is 6.07 Å². The summed E-state index contributed by atoms with van der Waals surface area (Å²) in [6, 6.07) is 5.56. The van der Waals surface area contributed by atoms with Crippen LogP contribution in [-0.2, 0) is 6.54 Å². The van der Waals surface area contributed by atoms with Crippen molar-refractivity contribution >= 4 is 17.1 Å². The summed E-state index contributed by atoms with van der Waals surface area (Å²) in [5.74, 6) is 0.685. The highest BCUT2D eigenvalue weighted by molar-refractivity contribution is 5.86. The van der Waals surface area contributed by atoms with E-state index in [9.17, 15) is 0 Å². The van der Waals surface area contributed by atoms with E-state index in [2.05, 4.69) is 15.0 Å². The van der Waals surface area contributed by atoms with Crippen LogP contribution in [0.4, 0.5) is 5.95 Å². The van der Waals surface area contributed by atoms with Crippen molar-refractivity contribution in [3.63, 3.8) is 0 Å². The number of hydrogen-bond acceptors (Lipinski definition) is 6. The molecule has 0 radical (unpaired) electrons. The first-order valence-electron chi connectivity index (χ1n) is 5.19. The quantitative estimate of drug-likeness (QED) is 0.721. The van der Waals surface area contributed by atoms with Crippen LogP contribution in [0.2, 0.25) is 0 Å². The van der Waals surface area contributed by atoms with Crippen LogP contribution in [0.3, 0.4) is 0 Å². The first-order valence-corrected chi connectivity index (χ1v) is 5.19. The monoisotopic (exact) mass is 240 g/mol. The molecular formula is C11H8N6O. The lowest BCUT2D eigenvalue weighted by Gasteiger charge is -2.01. The van der Waals surface area contributed by atoms with Gasteiger partial charge in [0, 0.05) is 0 Å². The fraction of sp³-hybridized carbons (Fsp3) is 0.0909. The van der Waals surface area contributed by atoms with Gasteiger partial charge < -0.3 is 14.7 Å². The number of nitrogen functional groups attached to an aromatic ring is 1. The second-order valence-corrected chi connectivity index (χ2v) is 3.61. The summed E-state index contributed by atoms with van der Waals surface area (Å²) in [7, 11) is 0. The SMILES string of the molecule is N#CCn1cnc2c(-c3ccco3)nc(N)nc21. The van der Waals surface area contributed by atoms with E-state index in [-0.39, 0.29) is 12.5 Å². The summed E-state index contributed by atoms with van der Waals surface area (Å²) in [5.41, 5.74) is 7.28. The molecule has 0 fully saturated rings. The maximum Gasteiger partial charge on any atom is 0.222 e. The minimum absolute atomic E-state index is 0.119. The van der Waals surface area contributed by atoms with Crippen molar-refractivity contribution < 1.29 is 4.42 Å². The molecule has 0 aromatic carbocycles. The highest BCUT2D eigenvalue weighted by atomic mass is 16.3. The van der Waals surface area contributed by atoms with Gasteiger partial charge in [-0.15, -0.1) is 0 Å². The summed E-state index contributed by atoms with van der Waals surface area (Å²) < 4.78 is 6.90. The Kier molecular flexibility index (Phi) is 2.20. The molecule has 88 valence electrons. The standard InChI is InChI=1S/C11H8N6O/c12-3-4-17-6-14-9-8(7-2-1-5-18-7)15-11(13)16-10(9)17/h1-2,5-6H,4H2,(H2,13,15,16). The molecule has 0 aliphatic carbocycles. The Balaban J connectivity index is 2.30. The predicted molar refractivity (Wildman–Crippen MR) is 63.1 cm³/mol. The van der Waals surface area contributed by atoms with Gasteiger partial charge in [0.2, 0.25) is 5.95 Å². The molecule has 7 nitrogen and oxygen atoms in total. The van der Waals surface area contributed by atoms with Gasteiger partial charge in [0.15, 0.2) is 11.4 Å². The van der Waals surface area contributed by atoms with Gasteiger partial charge in [-0.3, -0.25) is 0 Å². The Morgan fingerprint density at radius 2 is 2.33 bits per heavy atom. The van der Waals surface area contributed by atoms with E-state index < -0.39 is 0 Å². The third-order valence-corrected chi connectivity index (χ3v) is 2.48. The van der Waals surface area contributed by atoms with Crippen molar-refractivity contribution in [2.24, 2.45) is 0 Å². The van der Waals surface area contributed by atoms with Gasteiger partial charge >= 0.3 is 0 Å². The maximum atomic E-state index is 8.73. The van der Waals surface area contributed by atoms with Crippen molar-refractivity contribution in [3.8, 4) is 17.5 Å². The minimum atomic E-state index is 0.119. The Bertz CT molecular complexity index is 737. The van der Waals surface area contributed by atoms with Gasteiger partial charge in [0.25, 0.3) is 0 Å². The molecular weight excluding hydrogens is 232 g/mol. The lowest BCUT2D eigenvalue weighted by atomic mass is 10.3. The molecule has 3 aromatic rings. The number of hydrogen-bond donors (Lipinski definition) is 1. The number of aromatic nitrogens is 4. The first-order chi connectivity index (χ1) is 8.79. The molecule has 2 N–H and O–H groups in total. The van der Waals surface area contributed by atoms with Gasteiger partial charge in [-0.2, -0.15) is 10.2 Å². The molecule has 0 amide bonds. The van der Waals surface area contributed by atoms with Gasteiger partial charge in [-0.25, -0.2) is 9.97 Å². The first kappa shape index (κ1) is 10.3. The summed E-state index contributed by atoms with van der Waals surface area (Å²) >= 11 is 0. The number of nitrogens with zero attached hydrogens (tertiary/aromatic N) is 5. The molecule has 0 aliphatic heterocycles. The molecule has 0 saturated carbocycles. The molecule has 3 aromatic heterocycles. The smallest absolute Gasteiger partial charge is 0.222 e. The summed E-state index contributed by atoms with van der Waals surface area (Å²) in [5, 5.41) is 8.73. The fourth-order valence-electron chi connectivity index (χ4n) is 1.74. The van der Waals surface area contributed by atoms with Gasteiger partial charge in [-0.1, -0.05) is 0 Å². The van der Waals surface area contributed by atoms with E-state index >= 15 is 0 Å². The molecule has 3 rings (SSSR count). The van der Waals surface area contributed by atoms with E-state index in [0.717, 1.165) is 0 Å². The number of nitrogens with two attached hydrogens (primary N) is 1. The zero-order chi connectivity index (χ0) is 12.5. The highest BCUT2D eigenvalue weighted by Gasteiger charge is 2.15. The number of rotatable bonds is 2. The second-order valence-electron chi connectivity index (χ2n) is 3.61. The van der Waals surface area contributed by atoms with E-state index in [0.29, 0.717) is 22.6 Å². The Morgan fingerprint density at radius 1 is 1.44 bits per heavy atom. The van der Waals surface area contributed by atoms with Crippen LogP contribution in [0.15, 0.2) is 29.1 Å². The Hall–Kier alpha value is -2.88. The number of fused-ring (bicyclic) bond motifs is 1. The van der Waals surface area contributed by atoms with Crippen molar-refractivity contribution in [2.75, 3.05) is 5.73 Å². The molecule has 0 spiro atoms. The van der Waals surface area contributed by atoms with Crippen LogP contribution in [0, 0.1) is 11.3 Å².